The van der Waals surface area contributed by atoms with Gasteiger partial charge in [0.2, 0.25) is 5.75 Å². The Morgan fingerprint density at radius 1 is 0.923 bits per heavy atom. The van der Waals surface area contributed by atoms with Gasteiger partial charge in [0, 0.05) is 6.07 Å². The molecule has 11 heteroatoms. The first-order valence-electron chi connectivity index (χ1n) is 6.66. The first-order valence-corrected chi connectivity index (χ1v) is 7.48. The molecule has 0 fully saturated rings. The Kier molecular flexibility index (Phi) is 5.79. The van der Waals surface area contributed by atoms with E-state index in [-0.39, 0.29) is 5.75 Å². The number of thioether (sulfide) groups is 1. The summed E-state index contributed by atoms with van der Waals surface area (Å²) >= 11 is -0.597. The second-order valence-corrected chi connectivity index (χ2v) is 5.78. The van der Waals surface area contributed by atoms with Crippen molar-refractivity contribution in [2.24, 2.45) is 0 Å². The lowest BCUT2D eigenvalue weighted by Gasteiger charge is -2.17. The van der Waals surface area contributed by atoms with Crippen molar-refractivity contribution in [2.45, 2.75) is 22.9 Å². The summed E-state index contributed by atoms with van der Waals surface area (Å²) in [5.41, 5.74) is -4.70. The van der Waals surface area contributed by atoms with Gasteiger partial charge < -0.3 is 9.47 Å². The molecule has 2 rings (SSSR count). The molecule has 0 saturated carbocycles. The highest BCUT2D eigenvalue weighted by atomic mass is 32.2. The molecule has 0 N–H and O–H groups in total. The van der Waals surface area contributed by atoms with Crippen LogP contribution in [-0.4, -0.2) is 18.0 Å². The maximum absolute atomic E-state index is 12.9. The molecule has 0 atom stereocenters. The highest BCUT2D eigenvalue weighted by Crippen LogP contribution is 2.46. The summed E-state index contributed by atoms with van der Waals surface area (Å²) in [5, 5.41) is 11.8. The molecule has 3 nitrogen and oxygen atoms in total. The van der Waals surface area contributed by atoms with Gasteiger partial charge in [0.05, 0.1) is 4.90 Å². The average molecular weight is 401 g/mol. The summed E-state index contributed by atoms with van der Waals surface area (Å²) in [5.74, 6) is -2.64. The molecule has 2 aromatic carbocycles. The summed E-state index contributed by atoms with van der Waals surface area (Å²) in [6.07, 6.45) is -8.86. The van der Waals surface area contributed by atoms with Gasteiger partial charge in [-0.2, -0.15) is 30.7 Å². The molecule has 0 heterocycles. The number of benzene rings is 2. The monoisotopic (exact) mass is 401 g/mol. The maximum atomic E-state index is 12.9. The highest BCUT2D eigenvalue weighted by Gasteiger charge is 2.44. The van der Waals surface area contributed by atoms with Crippen molar-refractivity contribution in [1.29, 1.82) is 0 Å². The van der Waals surface area contributed by atoms with E-state index in [4.69, 9.17) is 4.74 Å². The fourth-order valence-corrected chi connectivity index (χ4v) is 2.35. The van der Waals surface area contributed by atoms with Crippen molar-refractivity contribution in [3.63, 3.8) is 0 Å². The van der Waals surface area contributed by atoms with Crippen molar-refractivity contribution >= 4 is 11.8 Å². The minimum Gasteiger partial charge on any atom is -0.452 e. The molecular weight excluding hydrogens is 393 g/mol. The Balaban J connectivity index is 2.28. The molecule has 26 heavy (non-hydrogen) atoms. The van der Waals surface area contributed by atoms with Crippen LogP contribution in [-0.2, 0) is 5.11 Å². The van der Waals surface area contributed by atoms with Gasteiger partial charge in [-0.25, -0.2) is 0 Å². The topological polar surface area (TPSA) is 38.4 Å². The Bertz CT molecular complexity index is 765. The third kappa shape index (κ3) is 5.35. The van der Waals surface area contributed by atoms with Gasteiger partial charge in [0.1, 0.15) is 11.5 Å². The van der Waals surface area contributed by atoms with Crippen molar-refractivity contribution < 1.29 is 45.3 Å². The molecule has 0 amide bonds. The van der Waals surface area contributed by atoms with Crippen LogP contribution >= 0.6 is 11.8 Å². The van der Waals surface area contributed by atoms with Crippen molar-refractivity contribution in [1.82, 2.24) is 0 Å². The van der Waals surface area contributed by atoms with Crippen LogP contribution in [0.5, 0.6) is 23.0 Å². The largest absolute Gasteiger partial charge is 0.461 e. The molecule has 0 spiro atoms. The number of ether oxygens (including phenoxy) is 2. The summed E-state index contributed by atoms with van der Waals surface area (Å²) < 4.78 is 96.7. The third-order valence-electron chi connectivity index (χ3n) is 2.70. The summed E-state index contributed by atoms with van der Waals surface area (Å²) in [7, 11) is 0. The lowest BCUT2D eigenvalue weighted by Crippen LogP contribution is -2.33. The van der Waals surface area contributed by atoms with Gasteiger partial charge in [-0.05, 0) is 36.0 Å². The van der Waals surface area contributed by atoms with Crippen LogP contribution in [0.2, 0.25) is 0 Å². The third-order valence-corrected chi connectivity index (χ3v) is 3.47. The minimum atomic E-state index is -4.77. The smallest absolute Gasteiger partial charge is 0.452 e. The second kappa shape index (κ2) is 7.52. The Hall–Kier alpha value is -2.30. The Labute approximate surface area is 146 Å². The molecule has 0 saturated heterocycles. The van der Waals surface area contributed by atoms with Crippen LogP contribution < -0.4 is 9.47 Å². The average Bonchev–Trinajstić information content (AvgIpc) is 2.49. The molecule has 0 unspecified atom stereocenters. The Morgan fingerprint density at radius 2 is 1.54 bits per heavy atom. The highest BCUT2D eigenvalue weighted by molar-refractivity contribution is 8.00. The van der Waals surface area contributed by atoms with Crippen LogP contribution in [0.15, 0.2) is 47.4 Å². The zero-order valence-electron chi connectivity index (χ0n) is 12.4. The minimum absolute atomic E-state index is 0.347. The lowest BCUT2D eigenvalue weighted by molar-refractivity contribution is -0.253. The number of para-hydroxylation sites is 1. The van der Waals surface area contributed by atoms with E-state index in [0.29, 0.717) is 0 Å². The first-order chi connectivity index (χ1) is 12.0. The number of hydrogen-bond donors (Lipinski definition) is 0. The van der Waals surface area contributed by atoms with Crippen LogP contribution in [0.1, 0.15) is 0 Å². The van der Waals surface area contributed by atoms with Crippen molar-refractivity contribution in [2.75, 3.05) is 0 Å². The van der Waals surface area contributed by atoms with Gasteiger partial charge in [-0.3, -0.25) is 5.11 Å². The van der Waals surface area contributed by atoms with Gasteiger partial charge in [-0.1, -0.05) is 12.1 Å². The van der Waals surface area contributed by atoms with E-state index >= 15 is 0 Å². The van der Waals surface area contributed by atoms with Crippen molar-refractivity contribution in [3.8, 4) is 23.0 Å². The van der Waals surface area contributed by atoms with Crippen LogP contribution in [0.4, 0.5) is 30.7 Å². The van der Waals surface area contributed by atoms with E-state index in [2.05, 4.69) is 4.74 Å². The molecule has 0 aromatic heterocycles. The van der Waals surface area contributed by atoms with Crippen LogP contribution in [0, 0.1) is 0 Å². The molecule has 1 radical (unpaired) electrons. The predicted octanol–water partition coefficient (Wildman–Crippen LogP) is 6.47. The fraction of sp³-hybridized carbons (Fsp3) is 0.200. The van der Waals surface area contributed by atoms with Gasteiger partial charge in [0.15, 0.2) is 5.75 Å². The zero-order valence-corrected chi connectivity index (χ0v) is 13.2. The van der Waals surface area contributed by atoms with E-state index in [1.165, 1.54) is 0 Å². The molecule has 0 aliphatic carbocycles. The number of hydrogen-bond acceptors (Lipinski definition) is 3. The number of alkyl halides is 7. The molecule has 0 bridgehead atoms. The fourth-order valence-electron chi connectivity index (χ4n) is 1.72. The standard InChI is InChI=1S/C15H8F7O3S/c16-13(17)14(18,19)25-9-4-1-3-8(7-9)24-12-10(23)5-2-6-11(12)26-15(20,21)22/h1-7,13H. The predicted molar refractivity (Wildman–Crippen MR) is 76.6 cm³/mol. The van der Waals surface area contributed by atoms with E-state index < -0.39 is 51.9 Å². The van der Waals surface area contributed by atoms with Crippen LogP contribution in [0.25, 0.3) is 0 Å². The van der Waals surface area contributed by atoms with E-state index in [1.807, 2.05) is 0 Å². The van der Waals surface area contributed by atoms with E-state index in [1.54, 1.807) is 0 Å². The molecule has 0 aliphatic heterocycles. The summed E-state index contributed by atoms with van der Waals surface area (Å²) in [4.78, 5) is -0.547. The molecule has 0 aliphatic rings. The lowest BCUT2D eigenvalue weighted by atomic mass is 10.3. The molecule has 141 valence electrons. The van der Waals surface area contributed by atoms with E-state index in [0.717, 1.165) is 42.5 Å². The Morgan fingerprint density at radius 3 is 2.15 bits per heavy atom. The number of rotatable bonds is 6. The van der Waals surface area contributed by atoms with E-state index in [9.17, 15) is 35.8 Å². The van der Waals surface area contributed by atoms with Gasteiger partial charge in [0.25, 0.3) is 0 Å². The van der Waals surface area contributed by atoms with Crippen molar-refractivity contribution in [3.05, 3.63) is 42.5 Å². The van der Waals surface area contributed by atoms with Gasteiger partial charge >= 0.3 is 18.0 Å². The first kappa shape index (κ1) is 20.0. The molecular formula is C15H8F7O3S. The SMILES string of the molecule is [O]c1cccc(SC(F)(F)F)c1Oc1cccc(OC(F)(F)C(F)F)c1. The zero-order chi connectivity index (χ0) is 19.5. The molecule has 2 aromatic rings. The quantitative estimate of drug-likeness (QED) is 0.411. The van der Waals surface area contributed by atoms with Gasteiger partial charge in [-0.15, -0.1) is 0 Å². The second-order valence-electron chi connectivity index (χ2n) is 4.67. The number of halogens is 7. The summed E-state index contributed by atoms with van der Waals surface area (Å²) in [6, 6.07) is 6.88. The summed E-state index contributed by atoms with van der Waals surface area (Å²) in [6.45, 7) is 0. The van der Waals surface area contributed by atoms with Crippen LogP contribution in [0.3, 0.4) is 0 Å². The maximum Gasteiger partial charge on any atom is 0.461 e. The normalized spacial score (nSPS) is 12.3.